The minimum Gasteiger partial charge on any atom is -0.302 e. The van der Waals surface area contributed by atoms with Crippen LogP contribution in [0.15, 0.2) is 35.4 Å². The molecule has 1 saturated heterocycles. The summed E-state index contributed by atoms with van der Waals surface area (Å²) >= 11 is 0. The number of hydrogen-bond acceptors (Lipinski definition) is 2. The molecule has 0 radical (unpaired) electrons. The van der Waals surface area contributed by atoms with Crippen LogP contribution < -0.4 is 0 Å². The highest BCUT2D eigenvalue weighted by atomic mass is 15.3. The molecule has 84 valence electrons. The Morgan fingerprint density at radius 2 is 2.12 bits per heavy atom. The van der Waals surface area contributed by atoms with E-state index in [9.17, 15) is 0 Å². The van der Waals surface area contributed by atoms with E-state index in [4.69, 9.17) is 5.53 Å². The molecule has 0 unspecified atom stereocenters. The van der Waals surface area contributed by atoms with Crippen molar-refractivity contribution in [3.05, 3.63) is 46.3 Å². The van der Waals surface area contributed by atoms with Crippen LogP contribution in [0, 0.1) is 0 Å². The lowest BCUT2D eigenvalue weighted by Crippen LogP contribution is -2.50. The number of hydrogen-bond donors (Lipinski definition) is 0. The van der Waals surface area contributed by atoms with Gasteiger partial charge in [0.2, 0.25) is 0 Å². The molecule has 1 aliphatic rings. The van der Waals surface area contributed by atoms with Crippen molar-refractivity contribution in [1.29, 1.82) is 0 Å². The molecule has 0 aliphatic carbocycles. The fourth-order valence-electron chi connectivity index (χ4n) is 2.11. The average molecular weight is 216 g/mol. The van der Waals surface area contributed by atoms with Crippen LogP contribution in [0.5, 0.6) is 0 Å². The molecule has 1 aromatic rings. The monoisotopic (exact) mass is 216 g/mol. The molecule has 0 bridgehead atoms. The van der Waals surface area contributed by atoms with Gasteiger partial charge in [0, 0.05) is 24.5 Å². The first-order chi connectivity index (χ1) is 7.79. The second kappa shape index (κ2) is 5.01. The Kier molecular flexibility index (Phi) is 3.44. The van der Waals surface area contributed by atoms with E-state index in [0.29, 0.717) is 5.92 Å². The maximum absolute atomic E-state index is 8.29. The zero-order valence-corrected chi connectivity index (χ0v) is 9.45. The van der Waals surface area contributed by atoms with Gasteiger partial charge < -0.3 is 4.90 Å². The predicted molar refractivity (Wildman–Crippen MR) is 64.2 cm³/mol. The van der Waals surface area contributed by atoms with Crippen molar-refractivity contribution in [2.24, 2.45) is 5.11 Å². The second-order valence-corrected chi connectivity index (χ2v) is 4.39. The second-order valence-electron chi connectivity index (χ2n) is 4.39. The van der Waals surface area contributed by atoms with Crippen LogP contribution in [0.4, 0.5) is 0 Å². The van der Waals surface area contributed by atoms with E-state index < -0.39 is 0 Å². The Labute approximate surface area is 95.5 Å². The Bertz CT molecular complexity index is 377. The molecule has 0 spiro atoms. The Balaban J connectivity index is 1.82. The van der Waals surface area contributed by atoms with Crippen LogP contribution in [-0.2, 0) is 0 Å². The summed E-state index contributed by atoms with van der Waals surface area (Å²) < 4.78 is 0. The van der Waals surface area contributed by atoms with Crippen LogP contribution in [0.1, 0.15) is 18.4 Å². The molecule has 1 aliphatic heterocycles. The largest absolute Gasteiger partial charge is 0.302 e. The molecular formula is C12H16N4. The molecule has 4 heteroatoms. The van der Waals surface area contributed by atoms with Crippen LogP contribution in [0.25, 0.3) is 10.4 Å². The van der Waals surface area contributed by atoms with Gasteiger partial charge in [0.25, 0.3) is 0 Å². The zero-order chi connectivity index (χ0) is 11.4. The van der Waals surface area contributed by atoms with Gasteiger partial charge in [0.1, 0.15) is 0 Å². The molecule has 0 aromatic heterocycles. The van der Waals surface area contributed by atoms with E-state index >= 15 is 0 Å². The summed E-state index contributed by atoms with van der Waals surface area (Å²) in [6.45, 7) is 5.08. The van der Waals surface area contributed by atoms with Crippen LogP contribution >= 0.6 is 0 Å². The van der Waals surface area contributed by atoms with Gasteiger partial charge in [-0.05, 0) is 17.0 Å². The van der Waals surface area contributed by atoms with Gasteiger partial charge in [-0.3, -0.25) is 0 Å². The lowest BCUT2D eigenvalue weighted by Gasteiger charge is -2.38. The van der Waals surface area contributed by atoms with Crippen molar-refractivity contribution in [3.8, 4) is 0 Å². The van der Waals surface area contributed by atoms with Crippen LogP contribution in [0.2, 0.25) is 0 Å². The first-order valence-corrected chi connectivity index (χ1v) is 5.61. The average Bonchev–Trinajstić information content (AvgIpc) is 2.27. The Hall–Kier alpha value is -1.51. The standard InChI is InChI=1S/C12H16N4/c1-10(11-5-3-2-4-6-11)7-16-8-12(9-16)14-15-13/h2-6,10,12H,7-9H2,1H3/t10-/m1/s1. The molecule has 16 heavy (non-hydrogen) atoms. The van der Waals surface area contributed by atoms with Crippen molar-refractivity contribution in [2.75, 3.05) is 19.6 Å². The minimum absolute atomic E-state index is 0.188. The normalized spacial score (nSPS) is 18.6. The fourth-order valence-corrected chi connectivity index (χ4v) is 2.11. The lowest BCUT2D eigenvalue weighted by molar-refractivity contribution is 0.143. The van der Waals surface area contributed by atoms with Crippen molar-refractivity contribution in [3.63, 3.8) is 0 Å². The van der Waals surface area contributed by atoms with Gasteiger partial charge >= 0.3 is 0 Å². The lowest BCUT2D eigenvalue weighted by atomic mass is 9.98. The summed E-state index contributed by atoms with van der Waals surface area (Å²) in [6.07, 6.45) is 0. The number of nitrogens with zero attached hydrogens (tertiary/aromatic N) is 4. The third-order valence-corrected chi connectivity index (χ3v) is 3.05. The summed E-state index contributed by atoms with van der Waals surface area (Å²) in [5, 5.41) is 3.70. The smallest absolute Gasteiger partial charge is 0.0628 e. The van der Waals surface area contributed by atoms with Crippen molar-refractivity contribution >= 4 is 0 Å². The maximum atomic E-state index is 8.29. The Morgan fingerprint density at radius 3 is 2.75 bits per heavy atom. The molecule has 0 amide bonds. The molecule has 2 rings (SSSR count). The predicted octanol–water partition coefficient (Wildman–Crippen LogP) is 2.78. The quantitative estimate of drug-likeness (QED) is 0.433. The van der Waals surface area contributed by atoms with Crippen LogP contribution in [-0.4, -0.2) is 30.6 Å². The van der Waals surface area contributed by atoms with Crippen LogP contribution in [0.3, 0.4) is 0 Å². The number of benzene rings is 1. The molecule has 1 heterocycles. The summed E-state index contributed by atoms with van der Waals surface area (Å²) in [5.41, 5.74) is 9.66. The number of azide groups is 1. The third kappa shape index (κ3) is 2.54. The van der Waals surface area contributed by atoms with Gasteiger partial charge in [-0.15, -0.1) is 0 Å². The van der Waals surface area contributed by atoms with Gasteiger partial charge in [-0.1, -0.05) is 42.4 Å². The fraction of sp³-hybridized carbons (Fsp3) is 0.500. The van der Waals surface area contributed by atoms with Gasteiger partial charge in [0.15, 0.2) is 0 Å². The summed E-state index contributed by atoms with van der Waals surface area (Å²) in [5.74, 6) is 0.535. The number of likely N-dealkylation sites (tertiary alicyclic amines) is 1. The third-order valence-electron chi connectivity index (χ3n) is 3.05. The highest BCUT2D eigenvalue weighted by Crippen LogP contribution is 2.20. The first-order valence-electron chi connectivity index (χ1n) is 5.61. The topological polar surface area (TPSA) is 52.0 Å². The van der Waals surface area contributed by atoms with E-state index in [1.807, 2.05) is 6.07 Å². The summed E-state index contributed by atoms with van der Waals surface area (Å²) in [7, 11) is 0. The van der Waals surface area contributed by atoms with E-state index in [-0.39, 0.29) is 6.04 Å². The van der Waals surface area contributed by atoms with E-state index in [2.05, 4.69) is 46.1 Å². The molecule has 1 aromatic carbocycles. The maximum Gasteiger partial charge on any atom is 0.0628 e. The summed E-state index contributed by atoms with van der Waals surface area (Å²) in [6, 6.07) is 10.7. The molecule has 1 atom stereocenters. The SMILES string of the molecule is C[C@H](CN1CC(N=[N+]=[N-])C1)c1ccccc1. The van der Waals surface area contributed by atoms with Gasteiger partial charge in [-0.25, -0.2) is 0 Å². The molecule has 1 fully saturated rings. The Morgan fingerprint density at radius 1 is 1.44 bits per heavy atom. The molecule has 0 N–H and O–H groups in total. The minimum atomic E-state index is 0.188. The van der Waals surface area contributed by atoms with E-state index in [1.165, 1.54) is 5.56 Å². The number of rotatable bonds is 4. The van der Waals surface area contributed by atoms with E-state index in [0.717, 1.165) is 19.6 Å². The van der Waals surface area contributed by atoms with E-state index in [1.54, 1.807) is 0 Å². The van der Waals surface area contributed by atoms with Gasteiger partial charge in [0.05, 0.1) is 6.04 Å². The molecule has 4 nitrogen and oxygen atoms in total. The van der Waals surface area contributed by atoms with Crippen molar-refractivity contribution in [2.45, 2.75) is 18.9 Å². The molecule has 0 saturated carbocycles. The zero-order valence-electron chi connectivity index (χ0n) is 9.45. The highest BCUT2D eigenvalue weighted by Gasteiger charge is 2.26. The van der Waals surface area contributed by atoms with Crippen molar-refractivity contribution < 1.29 is 0 Å². The molecular weight excluding hydrogens is 200 g/mol. The summed E-state index contributed by atoms with van der Waals surface area (Å²) in [4.78, 5) is 5.16. The first kappa shape index (κ1) is 11.0. The highest BCUT2D eigenvalue weighted by molar-refractivity contribution is 5.19. The van der Waals surface area contributed by atoms with Gasteiger partial charge in [-0.2, -0.15) is 0 Å². The van der Waals surface area contributed by atoms with Crippen molar-refractivity contribution in [1.82, 2.24) is 4.90 Å².